The summed E-state index contributed by atoms with van der Waals surface area (Å²) in [7, 11) is 0. The van der Waals surface area contributed by atoms with E-state index < -0.39 is 0 Å². The first kappa shape index (κ1) is 14.3. The molecule has 19 heavy (non-hydrogen) atoms. The molecular formula is C13H9BrCl2N2O. The molecular weight excluding hydrogens is 351 g/mol. The zero-order chi connectivity index (χ0) is 14.0. The molecule has 0 aliphatic heterocycles. The highest BCUT2D eigenvalue weighted by Crippen LogP contribution is 2.33. The predicted octanol–water partition coefficient (Wildman–Crippen LogP) is 4.71. The number of halogens is 3. The van der Waals surface area contributed by atoms with Gasteiger partial charge in [0.1, 0.15) is 4.60 Å². The van der Waals surface area contributed by atoms with Crippen molar-refractivity contribution >= 4 is 50.7 Å². The van der Waals surface area contributed by atoms with Gasteiger partial charge in [-0.15, -0.1) is 0 Å². The lowest BCUT2D eigenvalue weighted by Gasteiger charge is -2.11. The van der Waals surface area contributed by atoms with Gasteiger partial charge in [0.05, 0.1) is 15.7 Å². The quantitative estimate of drug-likeness (QED) is 0.789. The summed E-state index contributed by atoms with van der Waals surface area (Å²) < 4.78 is 0.585. The number of anilines is 1. The summed E-state index contributed by atoms with van der Waals surface area (Å²) in [5.74, 6) is -0.294. The Morgan fingerprint density at radius 1 is 1.32 bits per heavy atom. The van der Waals surface area contributed by atoms with Gasteiger partial charge >= 0.3 is 0 Å². The van der Waals surface area contributed by atoms with Crippen LogP contribution in [0.1, 0.15) is 15.9 Å². The van der Waals surface area contributed by atoms with Gasteiger partial charge < -0.3 is 5.32 Å². The summed E-state index contributed by atoms with van der Waals surface area (Å²) in [6, 6.07) is 6.72. The van der Waals surface area contributed by atoms with Crippen LogP contribution in [-0.2, 0) is 0 Å². The number of pyridine rings is 1. The average Bonchev–Trinajstić information content (AvgIpc) is 2.39. The van der Waals surface area contributed by atoms with Crippen LogP contribution in [0.25, 0.3) is 0 Å². The zero-order valence-corrected chi connectivity index (χ0v) is 13.0. The third kappa shape index (κ3) is 3.26. The van der Waals surface area contributed by atoms with E-state index in [9.17, 15) is 4.79 Å². The second-order valence-corrected chi connectivity index (χ2v) is 5.47. The highest BCUT2D eigenvalue weighted by Gasteiger charge is 2.13. The fraction of sp³-hybridized carbons (Fsp3) is 0.0769. The zero-order valence-electron chi connectivity index (χ0n) is 9.88. The van der Waals surface area contributed by atoms with Crippen LogP contribution in [0.4, 0.5) is 5.69 Å². The van der Waals surface area contributed by atoms with E-state index in [1.165, 1.54) is 0 Å². The second kappa shape index (κ2) is 5.90. The number of carbonyl (C=O) groups is 1. The molecule has 0 saturated carbocycles. The molecule has 1 amide bonds. The number of hydrogen-bond donors (Lipinski definition) is 1. The molecule has 0 aliphatic carbocycles. The normalized spacial score (nSPS) is 10.3. The molecule has 1 aromatic carbocycles. The summed E-state index contributed by atoms with van der Waals surface area (Å²) in [6.45, 7) is 1.84. The van der Waals surface area contributed by atoms with Gasteiger partial charge in [0, 0.05) is 11.8 Å². The number of benzene rings is 1. The van der Waals surface area contributed by atoms with E-state index in [-0.39, 0.29) is 5.91 Å². The molecule has 0 unspecified atom stereocenters. The summed E-state index contributed by atoms with van der Waals surface area (Å²) >= 11 is 15.4. The van der Waals surface area contributed by atoms with Gasteiger partial charge in [-0.3, -0.25) is 4.79 Å². The first-order valence-corrected chi connectivity index (χ1v) is 6.91. The molecule has 0 spiro atoms. The van der Waals surface area contributed by atoms with Gasteiger partial charge in [-0.05, 0) is 46.6 Å². The number of nitrogens with zero attached hydrogens (tertiary/aromatic N) is 1. The Morgan fingerprint density at radius 2 is 2.05 bits per heavy atom. The van der Waals surface area contributed by atoms with Crippen molar-refractivity contribution in [2.45, 2.75) is 6.92 Å². The Bertz CT molecular complexity index is 647. The fourth-order valence-electron chi connectivity index (χ4n) is 1.50. The van der Waals surface area contributed by atoms with Gasteiger partial charge in [0.2, 0.25) is 0 Å². The molecule has 1 heterocycles. The van der Waals surface area contributed by atoms with Crippen molar-refractivity contribution < 1.29 is 4.79 Å². The van der Waals surface area contributed by atoms with Crippen molar-refractivity contribution in [2.24, 2.45) is 0 Å². The van der Waals surface area contributed by atoms with E-state index in [1.54, 1.807) is 30.5 Å². The average molecular weight is 360 g/mol. The Labute approximate surface area is 129 Å². The maximum atomic E-state index is 12.1. The third-order valence-electron chi connectivity index (χ3n) is 2.51. The molecule has 0 aliphatic rings. The number of amides is 1. The smallest absolute Gasteiger partial charge is 0.255 e. The molecule has 0 atom stereocenters. The molecule has 0 radical (unpaired) electrons. The molecule has 2 rings (SSSR count). The minimum absolute atomic E-state index is 0.294. The molecule has 0 saturated heterocycles. The number of aryl methyl sites for hydroxylation is 1. The van der Waals surface area contributed by atoms with E-state index in [2.05, 4.69) is 26.2 Å². The lowest BCUT2D eigenvalue weighted by Crippen LogP contribution is -2.13. The highest BCUT2D eigenvalue weighted by molar-refractivity contribution is 9.10. The van der Waals surface area contributed by atoms with Gasteiger partial charge in [-0.25, -0.2) is 4.98 Å². The van der Waals surface area contributed by atoms with Crippen molar-refractivity contribution in [2.75, 3.05) is 5.32 Å². The van der Waals surface area contributed by atoms with Crippen molar-refractivity contribution in [1.82, 2.24) is 4.98 Å². The van der Waals surface area contributed by atoms with Gasteiger partial charge in [-0.1, -0.05) is 29.3 Å². The second-order valence-electron chi connectivity index (χ2n) is 3.87. The SMILES string of the molecule is Cc1ccc(Cl)c(NC(=O)c2ccnc(Br)c2)c1Cl. The lowest BCUT2D eigenvalue weighted by molar-refractivity contribution is 0.102. The first-order chi connectivity index (χ1) is 8.99. The maximum Gasteiger partial charge on any atom is 0.255 e. The summed E-state index contributed by atoms with van der Waals surface area (Å²) in [6.07, 6.45) is 1.54. The van der Waals surface area contributed by atoms with Crippen LogP contribution in [0.2, 0.25) is 10.0 Å². The molecule has 0 fully saturated rings. The summed E-state index contributed by atoms with van der Waals surface area (Å²) in [5, 5.41) is 3.55. The van der Waals surface area contributed by atoms with Crippen molar-refractivity contribution in [3.8, 4) is 0 Å². The highest BCUT2D eigenvalue weighted by atomic mass is 79.9. The Hall–Kier alpha value is -1.10. The molecule has 2 aromatic rings. The van der Waals surface area contributed by atoms with E-state index >= 15 is 0 Å². The summed E-state index contributed by atoms with van der Waals surface area (Å²) in [4.78, 5) is 16.1. The van der Waals surface area contributed by atoms with Gasteiger partial charge in [0.15, 0.2) is 0 Å². The van der Waals surface area contributed by atoms with Crippen LogP contribution in [0.5, 0.6) is 0 Å². The van der Waals surface area contributed by atoms with Crippen LogP contribution in [0.15, 0.2) is 35.1 Å². The van der Waals surface area contributed by atoms with E-state index in [1.807, 2.05) is 6.92 Å². The number of rotatable bonds is 2. The van der Waals surface area contributed by atoms with Crippen molar-refractivity contribution in [3.05, 3.63) is 56.2 Å². The Balaban J connectivity index is 2.32. The monoisotopic (exact) mass is 358 g/mol. The molecule has 0 bridgehead atoms. The predicted molar refractivity (Wildman–Crippen MR) is 81.1 cm³/mol. The number of aromatic nitrogens is 1. The fourth-order valence-corrected chi connectivity index (χ4v) is 2.33. The lowest BCUT2D eigenvalue weighted by atomic mass is 10.2. The van der Waals surface area contributed by atoms with Crippen molar-refractivity contribution in [3.63, 3.8) is 0 Å². The maximum absolute atomic E-state index is 12.1. The van der Waals surface area contributed by atoms with Crippen molar-refractivity contribution in [1.29, 1.82) is 0 Å². The van der Waals surface area contributed by atoms with Crippen LogP contribution in [-0.4, -0.2) is 10.9 Å². The van der Waals surface area contributed by atoms with Gasteiger partial charge in [0.25, 0.3) is 5.91 Å². The standard InChI is InChI=1S/C13H9BrCl2N2O/c1-7-2-3-9(15)12(11(7)16)18-13(19)8-4-5-17-10(14)6-8/h2-6H,1H3,(H,18,19). The molecule has 1 N–H and O–H groups in total. The van der Waals surface area contributed by atoms with E-state index in [4.69, 9.17) is 23.2 Å². The van der Waals surface area contributed by atoms with E-state index in [0.717, 1.165) is 5.56 Å². The largest absolute Gasteiger partial charge is 0.319 e. The molecule has 6 heteroatoms. The Morgan fingerprint density at radius 3 is 2.74 bits per heavy atom. The number of nitrogens with one attached hydrogen (secondary N) is 1. The molecule has 3 nitrogen and oxygen atoms in total. The van der Waals surface area contributed by atoms with Crippen LogP contribution in [0, 0.1) is 6.92 Å². The minimum atomic E-state index is -0.294. The minimum Gasteiger partial charge on any atom is -0.319 e. The molecule has 98 valence electrons. The van der Waals surface area contributed by atoms with E-state index in [0.29, 0.717) is 25.9 Å². The number of hydrogen-bond acceptors (Lipinski definition) is 2. The number of carbonyl (C=O) groups excluding carboxylic acids is 1. The summed E-state index contributed by atoms with van der Waals surface area (Å²) in [5.41, 5.74) is 1.73. The Kier molecular flexibility index (Phi) is 4.45. The third-order valence-corrected chi connectivity index (χ3v) is 3.75. The topological polar surface area (TPSA) is 42.0 Å². The first-order valence-electron chi connectivity index (χ1n) is 5.36. The van der Waals surface area contributed by atoms with Crippen LogP contribution in [0.3, 0.4) is 0 Å². The van der Waals surface area contributed by atoms with Crippen LogP contribution < -0.4 is 5.32 Å². The molecule has 1 aromatic heterocycles. The van der Waals surface area contributed by atoms with Gasteiger partial charge in [-0.2, -0.15) is 0 Å². The van der Waals surface area contributed by atoms with Crippen LogP contribution >= 0.6 is 39.1 Å².